The molecule has 0 fully saturated rings. The molecule has 5 heteroatoms. The molecule has 3 nitrogen and oxygen atoms in total. The number of thiazole rings is 1. The van der Waals surface area contributed by atoms with Crippen LogP contribution in [0, 0.1) is 0 Å². The Hall–Kier alpha value is -0.160. The fourth-order valence-electron chi connectivity index (χ4n) is 0.775. The number of hydrogen-bond acceptors (Lipinski definition) is 4. The van der Waals surface area contributed by atoms with Crippen LogP contribution in [0.15, 0.2) is 6.20 Å². The second-order valence-corrected chi connectivity index (χ2v) is 4.51. The predicted molar refractivity (Wildman–Crippen MR) is 50.6 cm³/mol. The van der Waals surface area contributed by atoms with Crippen molar-refractivity contribution in [2.75, 3.05) is 13.2 Å². The van der Waals surface area contributed by atoms with E-state index in [9.17, 15) is 0 Å². The summed E-state index contributed by atoms with van der Waals surface area (Å²) in [6, 6.07) is 0. The van der Waals surface area contributed by atoms with Crippen LogP contribution in [0.4, 0.5) is 0 Å². The van der Waals surface area contributed by atoms with Crippen molar-refractivity contribution in [3.05, 3.63) is 15.5 Å². The number of halogens is 1. The minimum Gasteiger partial charge on any atom is -0.395 e. The molecule has 0 spiro atoms. The van der Waals surface area contributed by atoms with Gasteiger partial charge in [0.15, 0.2) is 4.47 Å². The van der Waals surface area contributed by atoms with Crippen molar-refractivity contribution in [3.8, 4) is 0 Å². The predicted octanol–water partition coefficient (Wildman–Crippen LogP) is 1.01. The highest BCUT2D eigenvalue weighted by molar-refractivity contribution is 7.15. The molecule has 12 heavy (non-hydrogen) atoms. The van der Waals surface area contributed by atoms with Crippen molar-refractivity contribution in [3.63, 3.8) is 0 Å². The largest absolute Gasteiger partial charge is 0.395 e. The van der Waals surface area contributed by atoms with Crippen LogP contribution in [0.25, 0.3) is 0 Å². The minimum absolute atomic E-state index is 0.0159. The summed E-state index contributed by atoms with van der Waals surface area (Å²) in [5, 5.41) is 9.10. The Bertz CT molecular complexity index is 260. The molecule has 1 rings (SSSR count). The maximum absolute atomic E-state index is 9.10. The van der Waals surface area contributed by atoms with Crippen LogP contribution in [0.5, 0.6) is 0 Å². The molecule has 1 heterocycles. The number of aromatic nitrogens is 1. The van der Waals surface area contributed by atoms with E-state index >= 15 is 0 Å². The number of hydrogen-bond donors (Lipinski definition) is 2. The Kier molecular flexibility index (Phi) is 3.06. The van der Waals surface area contributed by atoms with E-state index in [1.54, 1.807) is 6.20 Å². The van der Waals surface area contributed by atoms with Gasteiger partial charge in [0.05, 0.1) is 6.61 Å². The maximum atomic E-state index is 9.10. The van der Waals surface area contributed by atoms with E-state index in [2.05, 4.69) is 4.98 Å². The number of aliphatic hydroxyl groups is 1. The molecule has 0 amide bonds. The van der Waals surface area contributed by atoms with E-state index in [-0.39, 0.29) is 6.61 Å². The van der Waals surface area contributed by atoms with Gasteiger partial charge in [0.1, 0.15) is 0 Å². The second kappa shape index (κ2) is 3.70. The summed E-state index contributed by atoms with van der Waals surface area (Å²) in [4.78, 5) is 4.82. The molecular weight excluding hydrogens is 196 g/mol. The van der Waals surface area contributed by atoms with Crippen LogP contribution in [0.2, 0.25) is 4.47 Å². The SMILES string of the molecule is CC(CN)(CO)c1cnc(Cl)s1. The van der Waals surface area contributed by atoms with E-state index in [4.69, 9.17) is 22.4 Å². The zero-order chi connectivity index (χ0) is 9.19. The molecule has 1 unspecified atom stereocenters. The lowest BCUT2D eigenvalue weighted by atomic mass is 9.91. The summed E-state index contributed by atoms with van der Waals surface area (Å²) in [7, 11) is 0. The number of aliphatic hydroxyl groups excluding tert-OH is 1. The molecule has 0 radical (unpaired) electrons. The normalized spacial score (nSPS) is 16.0. The molecule has 1 atom stereocenters. The molecule has 68 valence electrons. The third kappa shape index (κ3) is 1.77. The van der Waals surface area contributed by atoms with Crippen LogP contribution in [0.1, 0.15) is 11.8 Å². The Morgan fingerprint density at radius 3 is 2.83 bits per heavy atom. The van der Waals surface area contributed by atoms with Gasteiger partial charge >= 0.3 is 0 Å². The Labute approximate surface area is 80.2 Å². The molecule has 0 saturated carbocycles. The molecule has 3 N–H and O–H groups in total. The number of nitrogens with zero attached hydrogens (tertiary/aromatic N) is 1. The Balaban J connectivity index is 2.94. The molecular formula is C7H11ClN2OS. The fourth-order valence-corrected chi connectivity index (χ4v) is 1.86. The second-order valence-electron chi connectivity index (χ2n) is 2.90. The van der Waals surface area contributed by atoms with Gasteiger partial charge in [0.2, 0.25) is 0 Å². The van der Waals surface area contributed by atoms with Gasteiger partial charge in [-0.3, -0.25) is 0 Å². The van der Waals surface area contributed by atoms with Crippen molar-refractivity contribution < 1.29 is 5.11 Å². The lowest BCUT2D eigenvalue weighted by Gasteiger charge is -2.22. The van der Waals surface area contributed by atoms with E-state index in [0.29, 0.717) is 11.0 Å². The molecule has 0 aliphatic heterocycles. The first kappa shape index (κ1) is 9.92. The topological polar surface area (TPSA) is 59.1 Å². The first-order valence-corrected chi connectivity index (χ1v) is 4.74. The number of nitrogens with two attached hydrogens (primary N) is 1. The van der Waals surface area contributed by atoms with E-state index in [1.165, 1.54) is 11.3 Å². The molecule has 0 saturated heterocycles. The van der Waals surface area contributed by atoms with Gasteiger partial charge in [-0.1, -0.05) is 18.5 Å². The Morgan fingerprint density at radius 2 is 2.50 bits per heavy atom. The van der Waals surface area contributed by atoms with Gasteiger partial charge in [-0.05, 0) is 0 Å². The molecule has 0 aliphatic rings. The Morgan fingerprint density at radius 1 is 1.83 bits per heavy atom. The highest BCUT2D eigenvalue weighted by atomic mass is 35.5. The summed E-state index contributed by atoms with van der Waals surface area (Å²) < 4.78 is 0.484. The lowest BCUT2D eigenvalue weighted by Crippen LogP contribution is -2.34. The van der Waals surface area contributed by atoms with Crippen molar-refractivity contribution in [2.24, 2.45) is 5.73 Å². The van der Waals surface area contributed by atoms with Gasteiger partial charge in [-0.25, -0.2) is 4.98 Å². The lowest BCUT2D eigenvalue weighted by molar-refractivity contribution is 0.212. The highest BCUT2D eigenvalue weighted by Crippen LogP contribution is 2.29. The van der Waals surface area contributed by atoms with Crippen LogP contribution in [-0.2, 0) is 5.41 Å². The van der Waals surface area contributed by atoms with Gasteiger partial charge in [-0.2, -0.15) is 0 Å². The zero-order valence-electron chi connectivity index (χ0n) is 6.75. The van der Waals surface area contributed by atoms with Gasteiger partial charge in [-0.15, -0.1) is 11.3 Å². The third-order valence-electron chi connectivity index (χ3n) is 1.87. The van der Waals surface area contributed by atoms with Gasteiger partial charge in [0, 0.05) is 23.0 Å². The van der Waals surface area contributed by atoms with Crippen molar-refractivity contribution in [1.29, 1.82) is 0 Å². The average molecular weight is 207 g/mol. The van der Waals surface area contributed by atoms with Crippen LogP contribution in [0.3, 0.4) is 0 Å². The standard InChI is InChI=1S/C7H11ClN2OS/c1-7(3-9,4-11)5-2-10-6(8)12-5/h2,11H,3-4,9H2,1H3. The van der Waals surface area contributed by atoms with E-state index < -0.39 is 5.41 Å². The molecule has 1 aromatic heterocycles. The molecule has 0 aromatic carbocycles. The van der Waals surface area contributed by atoms with E-state index in [0.717, 1.165) is 4.88 Å². The summed E-state index contributed by atoms with van der Waals surface area (Å²) in [5.41, 5.74) is 5.14. The van der Waals surface area contributed by atoms with E-state index in [1.807, 2.05) is 6.92 Å². The van der Waals surface area contributed by atoms with Crippen molar-refractivity contribution in [1.82, 2.24) is 4.98 Å². The minimum atomic E-state index is -0.398. The van der Waals surface area contributed by atoms with Crippen molar-refractivity contribution >= 4 is 22.9 Å². The molecule has 0 bridgehead atoms. The summed E-state index contributed by atoms with van der Waals surface area (Å²) >= 11 is 7.02. The first-order chi connectivity index (χ1) is 5.62. The van der Waals surface area contributed by atoms with Crippen LogP contribution < -0.4 is 5.73 Å². The first-order valence-electron chi connectivity index (χ1n) is 3.55. The fraction of sp³-hybridized carbons (Fsp3) is 0.571. The number of rotatable bonds is 3. The molecule has 0 aliphatic carbocycles. The van der Waals surface area contributed by atoms with Crippen LogP contribution >= 0.6 is 22.9 Å². The van der Waals surface area contributed by atoms with Gasteiger partial charge < -0.3 is 10.8 Å². The van der Waals surface area contributed by atoms with Crippen LogP contribution in [-0.4, -0.2) is 23.2 Å². The maximum Gasteiger partial charge on any atom is 0.183 e. The monoisotopic (exact) mass is 206 g/mol. The summed E-state index contributed by atoms with van der Waals surface area (Å²) in [6.07, 6.45) is 1.66. The molecule has 1 aromatic rings. The quantitative estimate of drug-likeness (QED) is 0.776. The highest BCUT2D eigenvalue weighted by Gasteiger charge is 2.26. The smallest absolute Gasteiger partial charge is 0.183 e. The zero-order valence-corrected chi connectivity index (χ0v) is 8.32. The van der Waals surface area contributed by atoms with Crippen molar-refractivity contribution in [2.45, 2.75) is 12.3 Å². The average Bonchev–Trinajstić information content (AvgIpc) is 2.51. The summed E-state index contributed by atoms with van der Waals surface area (Å²) in [6.45, 7) is 2.29. The summed E-state index contributed by atoms with van der Waals surface area (Å²) in [5.74, 6) is 0. The third-order valence-corrected chi connectivity index (χ3v) is 3.29. The van der Waals surface area contributed by atoms with Gasteiger partial charge in [0.25, 0.3) is 0 Å².